The molecule has 1 aliphatic heterocycles. The Kier molecular flexibility index (Phi) is 7.91. The van der Waals surface area contributed by atoms with Crippen LogP contribution in [0.15, 0.2) is 92.3 Å². The first-order chi connectivity index (χ1) is 18.3. The summed E-state index contributed by atoms with van der Waals surface area (Å²) in [4.78, 5) is 16.6. The van der Waals surface area contributed by atoms with Crippen LogP contribution in [0.25, 0.3) is 11.2 Å². The lowest BCUT2D eigenvalue weighted by molar-refractivity contribution is 0.407. The van der Waals surface area contributed by atoms with Gasteiger partial charge in [-0.1, -0.05) is 72.8 Å². The van der Waals surface area contributed by atoms with Crippen molar-refractivity contribution in [2.45, 2.75) is 31.3 Å². The Bertz CT molecular complexity index is 1270. The van der Waals surface area contributed by atoms with E-state index in [4.69, 9.17) is 9.97 Å². The van der Waals surface area contributed by atoms with E-state index in [9.17, 15) is 0 Å². The maximum Gasteiger partial charge on any atom is 0.229 e. The van der Waals surface area contributed by atoms with Gasteiger partial charge in [-0.2, -0.15) is 9.97 Å². The molecule has 37 heavy (non-hydrogen) atoms. The molecule has 1 fully saturated rings. The number of nitrogens with zero attached hydrogens (tertiary/aromatic N) is 5. The Morgan fingerprint density at radius 2 is 1.59 bits per heavy atom. The third kappa shape index (κ3) is 5.73. The molecular formula is C30H35N7. The highest BCUT2D eigenvalue weighted by molar-refractivity contribution is 5.84. The van der Waals surface area contributed by atoms with E-state index in [1.807, 2.05) is 16.7 Å². The molecule has 2 aromatic heterocycles. The van der Waals surface area contributed by atoms with Crippen LogP contribution in [0.4, 0.5) is 11.8 Å². The Balaban J connectivity index is 1.27. The van der Waals surface area contributed by atoms with Gasteiger partial charge in [0.05, 0.1) is 6.33 Å². The van der Waals surface area contributed by atoms with E-state index >= 15 is 0 Å². The van der Waals surface area contributed by atoms with Gasteiger partial charge in [0.2, 0.25) is 5.95 Å². The zero-order valence-electron chi connectivity index (χ0n) is 21.3. The number of anilines is 2. The highest BCUT2D eigenvalue weighted by atomic mass is 15.3. The topological polar surface area (TPSA) is 70.9 Å². The van der Waals surface area contributed by atoms with Crippen molar-refractivity contribution in [2.24, 2.45) is 0 Å². The van der Waals surface area contributed by atoms with Gasteiger partial charge < -0.3 is 20.1 Å². The summed E-state index contributed by atoms with van der Waals surface area (Å²) < 4.78 is 2.01. The lowest BCUT2D eigenvalue weighted by atomic mass is 9.90. The van der Waals surface area contributed by atoms with Crippen molar-refractivity contribution in [3.8, 4) is 0 Å². The molecular weight excluding hydrogens is 458 g/mol. The lowest BCUT2D eigenvalue weighted by Crippen LogP contribution is -2.44. The summed E-state index contributed by atoms with van der Waals surface area (Å²) >= 11 is 0. The van der Waals surface area contributed by atoms with Gasteiger partial charge in [-0.3, -0.25) is 0 Å². The second-order valence-electron chi connectivity index (χ2n) is 9.44. The molecule has 7 heteroatoms. The molecule has 1 saturated heterocycles. The van der Waals surface area contributed by atoms with Crippen molar-refractivity contribution in [3.63, 3.8) is 0 Å². The van der Waals surface area contributed by atoms with Crippen LogP contribution in [0.2, 0.25) is 0 Å². The number of allylic oxidation sites excluding steroid dienone is 1. The van der Waals surface area contributed by atoms with Crippen molar-refractivity contribution in [1.82, 2.24) is 24.8 Å². The van der Waals surface area contributed by atoms with Gasteiger partial charge in [0, 0.05) is 44.7 Å². The molecule has 0 spiro atoms. The molecule has 2 N–H and O–H groups in total. The minimum atomic E-state index is 0.329. The van der Waals surface area contributed by atoms with Gasteiger partial charge in [0.25, 0.3) is 0 Å². The molecule has 5 rings (SSSR count). The highest BCUT2D eigenvalue weighted by Gasteiger charge is 2.24. The SMILES string of the molecule is C=CCNc1nc(N2CCC(NCC(c3ccccc3)c3ccccc3)CC2)nc2c1ncn2CC=C. The fourth-order valence-electron chi connectivity index (χ4n) is 5.01. The first-order valence-electron chi connectivity index (χ1n) is 13.0. The van der Waals surface area contributed by atoms with E-state index in [0.29, 0.717) is 25.0 Å². The van der Waals surface area contributed by atoms with E-state index in [0.717, 1.165) is 55.4 Å². The normalized spacial score (nSPS) is 14.2. The number of imidazole rings is 1. The first kappa shape index (κ1) is 24.7. The monoisotopic (exact) mass is 493 g/mol. The van der Waals surface area contributed by atoms with E-state index < -0.39 is 0 Å². The van der Waals surface area contributed by atoms with Crippen molar-refractivity contribution in [3.05, 3.63) is 103 Å². The molecule has 4 aromatic rings. The molecule has 1 aliphatic rings. The number of rotatable bonds is 11. The third-order valence-electron chi connectivity index (χ3n) is 6.98. The Labute approximate surface area is 219 Å². The number of nitrogens with one attached hydrogen (secondary N) is 2. The van der Waals surface area contributed by atoms with Crippen LogP contribution in [0.3, 0.4) is 0 Å². The molecule has 0 atom stereocenters. The van der Waals surface area contributed by atoms with Gasteiger partial charge in [0.1, 0.15) is 0 Å². The van der Waals surface area contributed by atoms with E-state index in [1.54, 1.807) is 6.33 Å². The molecule has 2 aromatic carbocycles. The standard InChI is InChI=1S/C30H35N7/c1-3-17-31-28-27-29(37(18-4-2)22-33-27)35-30(34-28)36-19-15-25(16-20-36)32-21-26(23-11-7-5-8-12-23)24-13-9-6-10-14-24/h3-14,22,25-26,32H,1-2,15-21H2,(H,31,34,35). The zero-order chi connectivity index (χ0) is 25.5. The van der Waals surface area contributed by atoms with Crippen molar-refractivity contribution < 1.29 is 0 Å². The fourth-order valence-corrected chi connectivity index (χ4v) is 5.01. The van der Waals surface area contributed by atoms with Crippen molar-refractivity contribution >= 4 is 22.9 Å². The van der Waals surface area contributed by atoms with Crippen LogP contribution in [-0.4, -0.2) is 51.7 Å². The fraction of sp³-hybridized carbons (Fsp3) is 0.300. The van der Waals surface area contributed by atoms with Crippen LogP contribution in [0.1, 0.15) is 29.9 Å². The van der Waals surface area contributed by atoms with Gasteiger partial charge in [-0.05, 0) is 24.0 Å². The van der Waals surface area contributed by atoms with Gasteiger partial charge in [-0.25, -0.2) is 4.98 Å². The predicted molar refractivity (Wildman–Crippen MR) is 152 cm³/mol. The average molecular weight is 494 g/mol. The molecule has 0 unspecified atom stereocenters. The number of hydrogen-bond acceptors (Lipinski definition) is 6. The second kappa shape index (κ2) is 11.8. The predicted octanol–water partition coefficient (Wildman–Crippen LogP) is 5.00. The number of hydrogen-bond donors (Lipinski definition) is 2. The molecule has 0 radical (unpaired) electrons. The minimum Gasteiger partial charge on any atom is -0.365 e. The molecule has 0 amide bonds. The van der Waals surface area contributed by atoms with Crippen molar-refractivity contribution in [1.29, 1.82) is 0 Å². The van der Waals surface area contributed by atoms with Gasteiger partial charge in [0.15, 0.2) is 17.0 Å². The smallest absolute Gasteiger partial charge is 0.229 e. The first-order valence-corrected chi connectivity index (χ1v) is 13.0. The number of benzene rings is 2. The molecule has 0 bridgehead atoms. The van der Waals surface area contributed by atoms with Crippen LogP contribution in [0.5, 0.6) is 0 Å². The Hall–Kier alpha value is -3.97. The van der Waals surface area contributed by atoms with Gasteiger partial charge >= 0.3 is 0 Å². The molecule has 0 aliphatic carbocycles. The molecule has 3 heterocycles. The third-order valence-corrected chi connectivity index (χ3v) is 6.98. The Morgan fingerprint density at radius 3 is 2.22 bits per heavy atom. The summed E-state index contributed by atoms with van der Waals surface area (Å²) in [5.41, 5.74) is 4.29. The quantitative estimate of drug-likeness (QED) is 0.287. The number of fused-ring (bicyclic) bond motifs is 1. The maximum atomic E-state index is 4.91. The minimum absolute atomic E-state index is 0.329. The molecule has 0 saturated carbocycles. The van der Waals surface area contributed by atoms with Crippen molar-refractivity contribution in [2.75, 3.05) is 36.4 Å². The summed E-state index contributed by atoms with van der Waals surface area (Å²) in [5.74, 6) is 1.82. The van der Waals surface area contributed by atoms with Crippen LogP contribution in [-0.2, 0) is 6.54 Å². The molecule has 7 nitrogen and oxygen atoms in total. The van der Waals surface area contributed by atoms with Gasteiger partial charge in [-0.15, -0.1) is 13.2 Å². The zero-order valence-corrected chi connectivity index (χ0v) is 21.3. The maximum absolute atomic E-state index is 4.91. The van der Waals surface area contributed by atoms with E-state index in [2.05, 4.69) is 94.3 Å². The van der Waals surface area contributed by atoms with Crippen LogP contribution >= 0.6 is 0 Å². The summed E-state index contributed by atoms with van der Waals surface area (Å²) in [6.45, 7) is 11.7. The summed E-state index contributed by atoms with van der Waals surface area (Å²) in [6, 6.07) is 22.0. The van der Waals surface area contributed by atoms with Crippen LogP contribution < -0.4 is 15.5 Å². The summed E-state index contributed by atoms with van der Waals surface area (Å²) in [6.07, 6.45) is 7.56. The average Bonchev–Trinajstić information content (AvgIpc) is 3.36. The Morgan fingerprint density at radius 1 is 0.919 bits per heavy atom. The number of piperidine rings is 1. The van der Waals surface area contributed by atoms with E-state index in [-0.39, 0.29) is 0 Å². The second-order valence-corrected chi connectivity index (χ2v) is 9.44. The highest BCUT2D eigenvalue weighted by Crippen LogP contribution is 2.27. The summed E-state index contributed by atoms with van der Waals surface area (Å²) in [7, 11) is 0. The van der Waals surface area contributed by atoms with Crippen LogP contribution in [0, 0.1) is 0 Å². The largest absolute Gasteiger partial charge is 0.365 e. The lowest BCUT2D eigenvalue weighted by Gasteiger charge is -2.33. The summed E-state index contributed by atoms with van der Waals surface area (Å²) in [5, 5.41) is 7.20. The van der Waals surface area contributed by atoms with E-state index in [1.165, 1.54) is 11.1 Å². The number of aromatic nitrogens is 4. The molecule has 190 valence electrons.